The van der Waals surface area contributed by atoms with Gasteiger partial charge < -0.3 is 14.2 Å². The van der Waals surface area contributed by atoms with Gasteiger partial charge in [0.15, 0.2) is 6.61 Å². The number of hydrazine groups is 1. The Kier molecular flexibility index (Phi) is 8.98. The number of rotatable bonds is 10. The predicted molar refractivity (Wildman–Crippen MR) is 110 cm³/mol. The first-order chi connectivity index (χ1) is 14.0. The van der Waals surface area contributed by atoms with Crippen molar-refractivity contribution in [1.29, 1.82) is 0 Å². The van der Waals surface area contributed by atoms with E-state index in [9.17, 15) is 9.59 Å². The molecule has 2 N–H and O–H groups in total. The predicted octanol–water partition coefficient (Wildman–Crippen LogP) is 3.07. The zero-order chi connectivity index (χ0) is 21.1. The average molecular weight is 400 g/mol. The summed E-state index contributed by atoms with van der Waals surface area (Å²) in [7, 11) is 1.60. The first kappa shape index (κ1) is 22.2. The standard InChI is InChI=1S/C22H28N2O5/c1-4-16(2)17-5-9-20(10-6-17)29-15-21(25)23-24-22(26)18-7-11-19(12-8-18)28-14-13-27-3/h5-12,16H,4,13-15H2,1-3H3,(H,23,25)(H,24,26). The molecule has 2 aromatic rings. The maximum absolute atomic E-state index is 12.1. The molecule has 29 heavy (non-hydrogen) atoms. The minimum atomic E-state index is -0.455. The van der Waals surface area contributed by atoms with Crippen molar-refractivity contribution in [2.45, 2.75) is 26.2 Å². The maximum atomic E-state index is 12.1. The van der Waals surface area contributed by atoms with E-state index in [-0.39, 0.29) is 6.61 Å². The topological polar surface area (TPSA) is 85.9 Å². The van der Waals surface area contributed by atoms with Crippen LogP contribution < -0.4 is 20.3 Å². The molecule has 2 amide bonds. The lowest BCUT2D eigenvalue weighted by molar-refractivity contribution is -0.123. The second-order valence-corrected chi connectivity index (χ2v) is 6.53. The Morgan fingerprint density at radius 1 is 0.897 bits per heavy atom. The van der Waals surface area contributed by atoms with Crippen LogP contribution in [0.25, 0.3) is 0 Å². The van der Waals surface area contributed by atoms with E-state index in [1.807, 2.05) is 24.3 Å². The van der Waals surface area contributed by atoms with Crippen LogP contribution in [0.4, 0.5) is 0 Å². The smallest absolute Gasteiger partial charge is 0.276 e. The summed E-state index contributed by atoms with van der Waals surface area (Å²) >= 11 is 0. The SMILES string of the molecule is CCC(C)c1ccc(OCC(=O)NNC(=O)c2ccc(OCCOC)cc2)cc1. The zero-order valence-corrected chi connectivity index (χ0v) is 17.1. The number of carbonyl (C=O) groups is 2. The number of benzene rings is 2. The van der Waals surface area contributed by atoms with Crippen LogP contribution in [0.1, 0.15) is 42.1 Å². The average Bonchev–Trinajstić information content (AvgIpc) is 2.76. The second-order valence-electron chi connectivity index (χ2n) is 6.53. The van der Waals surface area contributed by atoms with Gasteiger partial charge >= 0.3 is 0 Å². The minimum absolute atomic E-state index is 0.199. The van der Waals surface area contributed by atoms with Crippen molar-refractivity contribution in [2.75, 3.05) is 26.9 Å². The fourth-order valence-electron chi connectivity index (χ4n) is 2.46. The van der Waals surface area contributed by atoms with Gasteiger partial charge in [0.1, 0.15) is 18.1 Å². The summed E-state index contributed by atoms with van der Waals surface area (Å²) in [6.45, 7) is 5.01. The fraction of sp³-hybridized carbons (Fsp3) is 0.364. The summed E-state index contributed by atoms with van der Waals surface area (Å²) < 4.78 is 15.8. The van der Waals surface area contributed by atoms with Crippen LogP contribution in [-0.2, 0) is 9.53 Å². The van der Waals surface area contributed by atoms with Crippen LogP contribution in [0.5, 0.6) is 11.5 Å². The molecule has 1 unspecified atom stereocenters. The van der Waals surface area contributed by atoms with E-state index in [2.05, 4.69) is 24.7 Å². The summed E-state index contributed by atoms with van der Waals surface area (Å²) in [5.74, 6) is 0.829. The van der Waals surface area contributed by atoms with E-state index >= 15 is 0 Å². The zero-order valence-electron chi connectivity index (χ0n) is 17.1. The van der Waals surface area contributed by atoms with Crippen molar-refractivity contribution in [3.63, 3.8) is 0 Å². The lowest BCUT2D eigenvalue weighted by Gasteiger charge is -2.11. The van der Waals surface area contributed by atoms with Crippen LogP contribution in [0.2, 0.25) is 0 Å². The van der Waals surface area contributed by atoms with E-state index in [1.165, 1.54) is 5.56 Å². The Labute approximate surface area is 171 Å². The van der Waals surface area contributed by atoms with Gasteiger partial charge in [0.05, 0.1) is 6.61 Å². The van der Waals surface area contributed by atoms with Crippen molar-refractivity contribution in [3.05, 3.63) is 59.7 Å². The second kappa shape index (κ2) is 11.7. The van der Waals surface area contributed by atoms with E-state index in [4.69, 9.17) is 14.2 Å². The Hall–Kier alpha value is -3.06. The first-order valence-electron chi connectivity index (χ1n) is 9.57. The number of methoxy groups -OCH3 is 1. The van der Waals surface area contributed by atoms with Crippen LogP contribution in [0, 0.1) is 0 Å². The number of ether oxygens (including phenoxy) is 3. The Bertz CT molecular complexity index is 775. The molecule has 0 bridgehead atoms. The molecule has 156 valence electrons. The molecule has 0 aromatic heterocycles. The van der Waals surface area contributed by atoms with Crippen molar-refractivity contribution in [3.8, 4) is 11.5 Å². The highest BCUT2D eigenvalue weighted by molar-refractivity contribution is 5.95. The van der Waals surface area contributed by atoms with Gasteiger partial charge in [-0.15, -0.1) is 0 Å². The third-order valence-electron chi connectivity index (χ3n) is 4.42. The van der Waals surface area contributed by atoms with Crippen LogP contribution in [0.3, 0.4) is 0 Å². The van der Waals surface area contributed by atoms with Crippen molar-refractivity contribution in [1.82, 2.24) is 10.9 Å². The van der Waals surface area contributed by atoms with Gasteiger partial charge in [0, 0.05) is 12.7 Å². The number of nitrogens with one attached hydrogen (secondary N) is 2. The third-order valence-corrected chi connectivity index (χ3v) is 4.42. The molecule has 7 nitrogen and oxygen atoms in total. The van der Waals surface area contributed by atoms with Gasteiger partial charge in [-0.3, -0.25) is 20.4 Å². The maximum Gasteiger partial charge on any atom is 0.276 e. The highest BCUT2D eigenvalue weighted by atomic mass is 16.5. The molecule has 1 atom stereocenters. The molecule has 0 spiro atoms. The minimum Gasteiger partial charge on any atom is -0.491 e. The number of hydrogen-bond donors (Lipinski definition) is 2. The molecular formula is C22H28N2O5. The largest absolute Gasteiger partial charge is 0.491 e. The van der Waals surface area contributed by atoms with Gasteiger partial charge in [0.2, 0.25) is 0 Å². The summed E-state index contributed by atoms with van der Waals surface area (Å²) in [6.07, 6.45) is 1.06. The Balaban J connectivity index is 1.73. The van der Waals surface area contributed by atoms with Gasteiger partial charge in [-0.25, -0.2) is 0 Å². The quantitative estimate of drug-likeness (QED) is 0.473. The molecule has 0 aliphatic rings. The number of carbonyl (C=O) groups excluding carboxylic acids is 2. The van der Waals surface area contributed by atoms with Crippen molar-refractivity contribution < 1.29 is 23.8 Å². The fourth-order valence-corrected chi connectivity index (χ4v) is 2.46. The number of amides is 2. The Morgan fingerprint density at radius 3 is 2.14 bits per heavy atom. The lowest BCUT2D eigenvalue weighted by atomic mass is 9.99. The van der Waals surface area contributed by atoms with Crippen LogP contribution in [-0.4, -0.2) is 38.7 Å². The molecule has 0 saturated heterocycles. The van der Waals surface area contributed by atoms with Gasteiger partial charge in [-0.2, -0.15) is 0 Å². The molecule has 0 aliphatic carbocycles. The van der Waals surface area contributed by atoms with E-state index in [0.29, 0.717) is 36.2 Å². The molecular weight excluding hydrogens is 372 g/mol. The monoisotopic (exact) mass is 400 g/mol. The van der Waals surface area contributed by atoms with Crippen LogP contribution >= 0.6 is 0 Å². The van der Waals surface area contributed by atoms with Crippen molar-refractivity contribution >= 4 is 11.8 Å². The molecule has 7 heteroatoms. The summed E-state index contributed by atoms with van der Waals surface area (Å²) in [5, 5.41) is 0. The summed E-state index contributed by atoms with van der Waals surface area (Å²) in [4.78, 5) is 24.0. The van der Waals surface area contributed by atoms with Gasteiger partial charge in [-0.05, 0) is 54.3 Å². The molecule has 0 radical (unpaired) electrons. The normalized spacial score (nSPS) is 11.4. The van der Waals surface area contributed by atoms with Gasteiger partial charge in [0.25, 0.3) is 11.8 Å². The summed E-state index contributed by atoms with van der Waals surface area (Å²) in [6, 6.07) is 14.2. The highest BCUT2D eigenvalue weighted by Gasteiger charge is 2.09. The first-order valence-corrected chi connectivity index (χ1v) is 9.57. The van der Waals surface area contributed by atoms with E-state index in [1.54, 1.807) is 31.4 Å². The van der Waals surface area contributed by atoms with Crippen molar-refractivity contribution in [2.24, 2.45) is 0 Å². The third kappa shape index (κ3) is 7.46. The van der Waals surface area contributed by atoms with Gasteiger partial charge in [-0.1, -0.05) is 26.0 Å². The van der Waals surface area contributed by atoms with Crippen LogP contribution in [0.15, 0.2) is 48.5 Å². The van der Waals surface area contributed by atoms with E-state index < -0.39 is 11.8 Å². The molecule has 0 fully saturated rings. The molecule has 2 aromatic carbocycles. The molecule has 0 aliphatic heterocycles. The number of hydrogen-bond acceptors (Lipinski definition) is 5. The Morgan fingerprint density at radius 2 is 1.52 bits per heavy atom. The molecule has 0 heterocycles. The highest BCUT2D eigenvalue weighted by Crippen LogP contribution is 2.21. The van der Waals surface area contributed by atoms with E-state index in [0.717, 1.165) is 6.42 Å². The molecule has 0 saturated carbocycles. The summed E-state index contributed by atoms with van der Waals surface area (Å²) in [5.41, 5.74) is 6.32. The lowest BCUT2D eigenvalue weighted by Crippen LogP contribution is -2.43. The molecule has 2 rings (SSSR count).